The Hall–Kier alpha value is -2.13. The third kappa shape index (κ3) is 5.92. The van der Waals surface area contributed by atoms with Crippen LogP contribution in [0.3, 0.4) is 0 Å². The molecule has 244 valence electrons. The van der Waals surface area contributed by atoms with Crippen molar-refractivity contribution in [2.45, 2.75) is 83.4 Å². The summed E-state index contributed by atoms with van der Waals surface area (Å²) in [6.45, 7) is 5.97. The molecule has 5 aliphatic rings. The van der Waals surface area contributed by atoms with Crippen LogP contribution in [-0.2, 0) is 28.6 Å². The molecule has 3 saturated carbocycles. The number of Topliss-reactive ketones (excluding diaryl/α,β-unsaturated/α-hetero) is 1. The van der Waals surface area contributed by atoms with Gasteiger partial charge >= 0.3 is 6.09 Å². The van der Waals surface area contributed by atoms with Crippen LogP contribution in [0.1, 0.15) is 59.3 Å². The van der Waals surface area contributed by atoms with Crippen LogP contribution < -0.4 is 5.32 Å². The zero-order chi connectivity index (χ0) is 31.7. The topological polar surface area (TPSA) is 164 Å². The molecule has 12 nitrogen and oxygen atoms in total. The number of hydrogen-bond acceptors (Lipinski definition) is 12. The molecule has 0 bridgehead atoms. The molecule has 0 aromatic heterocycles. The fourth-order valence-corrected chi connectivity index (χ4v) is 10.5. The summed E-state index contributed by atoms with van der Waals surface area (Å²) in [6.07, 6.45) is 6.72. The van der Waals surface area contributed by atoms with E-state index >= 15 is 0 Å². The molecule has 1 heterocycles. The van der Waals surface area contributed by atoms with Crippen molar-refractivity contribution in [1.82, 2.24) is 5.32 Å². The third-order valence-corrected chi connectivity index (χ3v) is 12.8. The van der Waals surface area contributed by atoms with Crippen molar-refractivity contribution in [1.29, 1.82) is 0 Å². The van der Waals surface area contributed by atoms with E-state index in [0.29, 0.717) is 30.8 Å². The molecule has 1 amide bonds. The number of fused-ring (bicyclic) bond motifs is 7. The number of nitrogens with one attached hydrogen (secondary N) is 1. The predicted molar refractivity (Wildman–Crippen MR) is 163 cm³/mol. The minimum Gasteiger partial charge on any atom is -0.441 e. The number of carbonyl (C=O) groups is 3. The van der Waals surface area contributed by atoms with E-state index in [1.807, 2.05) is 19.9 Å². The van der Waals surface area contributed by atoms with Gasteiger partial charge in [0.1, 0.15) is 6.61 Å². The molecule has 0 aromatic rings. The molecule has 2 N–H and O–H groups in total. The monoisotopic (exact) mass is 654 g/mol. The van der Waals surface area contributed by atoms with Gasteiger partial charge in [0.05, 0.1) is 12.2 Å². The molecule has 1 unspecified atom stereocenters. The highest BCUT2D eigenvalue weighted by Crippen LogP contribution is 2.69. The van der Waals surface area contributed by atoms with Gasteiger partial charge in [-0.25, -0.2) is 4.79 Å². The van der Waals surface area contributed by atoms with Crippen molar-refractivity contribution in [3.8, 4) is 0 Å². The Morgan fingerprint density at radius 3 is 2.80 bits per heavy atom. The third-order valence-electron chi connectivity index (χ3n) is 10.5. The predicted octanol–water partition coefficient (Wildman–Crippen LogP) is 4.04. The number of amides is 1. The van der Waals surface area contributed by atoms with E-state index in [-0.39, 0.29) is 42.5 Å². The summed E-state index contributed by atoms with van der Waals surface area (Å²) in [5, 5.41) is 23.8. The molecule has 4 aliphatic carbocycles. The molecule has 9 atom stereocenters. The van der Waals surface area contributed by atoms with Gasteiger partial charge in [0.25, 0.3) is 5.09 Å². The van der Waals surface area contributed by atoms with Gasteiger partial charge < -0.3 is 29.5 Å². The molecular formula is C30H42N2O10S2. The first-order valence-electron chi connectivity index (χ1n) is 15.4. The second-order valence-electron chi connectivity index (χ2n) is 12.8. The van der Waals surface area contributed by atoms with E-state index < -0.39 is 52.7 Å². The van der Waals surface area contributed by atoms with Crippen LogP contribution in [0, 0.1) is 38.7 Å². The number of carbonyl (C=O) groups excluding carboxylic acids is 3. The van der Waals surface area contributed by atoms with Crippen LogP contribution in [0.4, 0.5) is 4.79 Å². The van der Waals surface area contributed by atoms with Gasteiger partial charge in [-0.15, -0.1) is 10.1 Å². The van der Waals surface area contributed by atoms with Crippen LogP contribution in [0.5, 0.6) is 0 Å². The second kappa shape index (κ2) is 13.3. The summed E-state index contributed by atoms with van der Waals surface area (Å²) < 4.78 is 18.4. The number of aliphatic hydroxyl groups is 1. The maximum atomic E-state index is 14.2. The van der Waals surface area contributed by atoms with Gasteiger partial charge in [0, 0.05) is 34.8 Å². The standard InChI is InChI=1S/C30H42N2O10S2/c1-4-5-25-41-24-15-21-20-7-6-18-14-19(33)8-9-28(18,2)26(20)22(34)16-29(21,3)30(24,42-25)23(35)17-39-27(36)31-10-12-43-44-13-11-40-32(37)38/h8-9,14,20-22,24-26,34H,4-7,10-13,15-17H2,1-3H3,(H,31,36)/t20-,21-,22-,24+,25?,26+,28-,29-,30+/m0/s1. The Morgan fingerprint density at radius 2 is 2.05 bits per heavy atom. The zero-order valence-corrected chi connectivity index (χ0v) is 27.0. The van der Waals surface area contributed by atoms with E-state index in [2.05, 4.69) is 17.1 Å². The van der Waals surface area contributed by atoms with Crippen LogP contribution in [-0.4, -0.2) is 83.2 Å². The molecule has 14 heteroatoms. The first kappa shape index (κ1) is 33.2. The van der Waals surface area contributed by atoms with Crippen LogP contribution >= 0.6 is 21.6 Å². The lowest BCUT2D eigenvalue weighted by Gasteiger charge is -2.59. The molecule has 5 rings (SSSR count). The van der Waals surface area contributed by atoms with E-state index in [9.17, 15) is 29.6 Å². The average molecular weight is 655 g/mol. The zero-order valence-electron chi connectivity index (χ0n) is 25.4. The number of nitrogens with zero attached hydrogens (tertiary/aromatic N) is 1. The van der Waals surface area contributed by atoms with Crippen molar-refractivity contribution in [2.75, 3.05) is 31.3 Å². The highest BCUT2D eigenvalue weighted by Gasteiger charge is 2.75. The van der Waals surface area contributed by atoms with Gasteiger partial charge in [0.15, 0.2) is 24.3 Å². The van der Waals surface area contributed by atoms with E-state index in [1.54, 1.807) is 12.2 Å². The number of aliphatic hydroxyl groups excluding tert-OH is 1. The Morgan fingerprint density at radius 1 is 1.27 bits per heavy atom. The lowest BCUT2D eigenvalue weighted by molar-refractivity contribution is -0.756. The Balaban J connectivity index is 1.25. The van der Waals surface area contributed by atoms with Gasteiger partial charge in [-0.2, -0.15) is 0 Å². The number of rotatable bonds is 13. The summed E-state index contributed by atoms with van der Waals surface area (Å²) in [4.78, 5) is 53.2. The Kier molecular flexibility index (Phi) is 10.1. The quantitative estimate of drug-likeness (QED) is 0.127. The molecule has 0 aromatic carbocycles. The van der Waals surface area contributed by atoms with Gasteiger partial charge in [0.2, 0.25) is 5.78 Å². The largest absolute Gasteiger partial charge is 0.441 e. The molecule has 44 heavy (non-hydrogen) atoms. The smallest absolute Gasteiger partial charge is 0.407 e. The number of ketones is 2. The number of alkyl carbamates (subject to hydrolysis) is 1. The van der Waals surface area contributed by atoms with E-state index in [4.69, 9.17) is 14.2 Å². The Labute approximate surface area is 264 Å². The first-order chi connectivity index (χ1) is 21.0. The number of ether oxygens (including phenoxy) is 3. The van der Waals surface area contributed by atoms with E-state index in [0.717, 1.165) is 24.8 Å². The average Bonchev–Trinajstić information content (AvgIpc) is 3.45. The van der Waals surface area contributed by atoms with Gasteiger partial charge in [-0.1, -0.05) is 60.4 Å². The minimum absolute atomic E-state index is 0.0104. The number of hydrogen-bond donors (Lipinski definition) is 2. The maximum Gasteiger partial charge on any atom is 0.407 e. The summed E-state index contributed by atoms with van der Waals surface area (Å²) in [5.74, 6) is 0.634. The van der Waals surface area contributed by atoms with Crippen LogP contribution in [0.25, 0.3) is 0 Å². The van der Waals surface area contributed by atoms with Gasteiger partial charge in [-0.3, -0.25) is 9.59 Å². The lowest BCUT2D eigenvalue weighted by atomic mass is 9.46. The minimum atomic E-state index is -1.35. The van der Waals surface area contributed by atoms with E-state index in [1.165, 1.54) is 21.6 Å². The molecular weight excluding hydrogens is 612 g/mol. The summed E-state index contributed by atoms with van der Waals surface area (Å²) in [7, 11) is 2.82. The fourth-order valence-electron chi connectivity index (χ4n) is 8.75. The summed E-state index contributed by atoms with van der Waals surface area (Å²) >= 11 is 0. The molecule has 4 fully saturated rings. The Bertz CT molecular complexity index is 1210. The molecule has 1 aliphatic heterocycles. The van der Waals surface area contributed by atoms with Crippen molar-refractivity contribution in [3.05, 3.63) is 33.9 Å². The van der Waals surface area contributed by atoms with Crippen molar-refractivity contribution >= 4 is 39.2 Å². The first-order valence-corrected chi connectivity index (χ1v) is 17.9. The SMILES string of the molecule is CCCC1O[C@@H]2C[C@H]3[C@@H]4CCC5=CC(=O)C=C[C@]5(C)[C@H]4[C@@H](O)C[C@]3(C)[C@]2(C(=O)COC(=O)NCCSSCCO[N+](=O)[O-])O1. The van der Waals surface area contributed by atoms with Crippen LogP contribution in [0.2, 0.25) is 0 Å². The maximum absolute atomic E-state index is 14.2. The van der Waals surface area contributed by atoms with Gasteiger partial charge in [-0.05, 0) is 56.1 Å². The molecule has 1 saturated heterocycles. The highest BCUT2D eigenvalue weighted by atomic mass is 33.1. The lowest BCUT2D eigenvalue weighted by Crippen LogP contribution is -2.63. The highest BCUT2D eigenvalue weighted by molar-refractivity contribution is 8.76. The summed E-state index contributed by atoms with van der Waals surface area (Å²) in [6, 6.07) is 0. The van der Waals surface area contributed by atoms with Crippen LogP contribution in [0.15, 0.2) is 23.8 Å². The normalized spacial score (nSPS) is 38.5. The molecule has 0 spiro atoms. The second-order valence-corrected chi connectivity index (χ2v) is 15.5. The van der Waals surface area contributed by atoms with Crippen molar-refractivity contribution in [3.63, 3.8) is 0 Å². The van der Waals surface area contributed by atoms with Crippen molar-refractivity contribution < 1.29 is 43.6 Å². The number of allylic oxidation sites excluding steroid dienone is 4. The van der Waals surface area contributed by atoms with Crippen molar-refractivity contribution in [2.24, 2.45) is 28.6 Å². The molecule has 0 radical (unpaired) electrons. The fraction of sp³-hybridized carbons (Fsp3) is 0.767. The summed E-state index contributed by atoms with van der Waals surface area (Å²) in [5.41, 5.74) is -1.46.